The smallest absolute Gasteiger partial charge is 0.149 e. The van der Waals surface area contributed by atoms with Gasteiger partial charge in [-0.3, -0.25) is 9.69 Å². The molecule has 0 bridgehead atoms. The first-order valence-electron chi connectivity index (χ1n) is 5.41. The lowest BCUT2D eigenvalue weighted by Gasteiger charge is -2.30. The summed E-state index contributed by atoms with van der Waals surface area (Å²) in [5, 5.41) is 0. The van der Waals surface area contributed by atoms with Crippen LogP contribution in [0.4, 0.5) is 0 Å². The average Bonchev–Trinajstić information content (AvgIpc) is 2.19. The summed E-state index contributed by atoms with van der Waals surface area (Å²) < 4.78 is 5.28. The van der Waals surface area contributed by atoms with Crippen LogP contribution in [-0.4, -0.2) is 43.5 Å². The number of hydrogen-bond donors (Lipinski definition) is 0. The van der Waals surface area contributed by atoms with E-state index in [2.05, 4.69) is 4.90 Å². The van der Waals surface area contributed by atoms with Crippen LogP contribution in [0, 0.1) is 5.92 Å². The molecule has 1 heterocycles. The molecule has 0 unspecified atom stereocenters. The molecular formula is C11H21NO2. The third-order valence-corrected chi connectivity index (χ3v) is 2.89. The van der Waals surface area contributed by atoms with E-state index in [-0.39, 0.29) is 5.92 Å². The molecule has 1 aliphatic heterocycles. The first kappa shape index (κ1) is 11.7. The number of ketones is 1. The van der Waals surface area contributed by atoms with Crippen molar-refractivity contribution in [2.45, 2.75) is 32.8 Å². The highest BCUT2D eigenvalue weighted by atomic mass is 16.5. The highest BCUT2D eigenvalue weighted by Gasteiger charge is 2.20. The molecular weight excluding hydrogens is 178 g/mol. The Hall–Kier alpha value is -0.410. The van der Waals surface area contributed by atoms with Gasteiger partial charge in [0.15, 0.2) is 0 Å². The van der Waals surface area contributed by atoms with Gasteiger partial charge in [-0.15, -0.1) is 0 Å². The van der Waals surface area contributed by atoms with E-state index in [1.807, 2.05) is 13.8 Å². The molecule has 0 amide bonds. The highest BCUT2D eigenvalue weighted by Crippen LogP contribution is 2.13. The Morgan fingerprint density at radius 2 is 2.00 bits per heavy atom. The molecule has 3 heteroatoms. The number of rotatable bonds is 4. The molecule has 0 aromatic heterocycles. The molecule has 3 nitrogen and oxygen atoms in total. The molecule has 0 saturated carbocycles. The summed E-state index contributed by atoms with van der Waals surface area (Å²) in [4.78, 5) is 13.7. The van der Waals surface area contributed by atoms with E-state index >= 15 is 0 Å². The van der Waals surface area contributed by atoms with E-state index in [0.29, 0.717) is 18.4 Å². The number of piperidine rings is 1. The van der Waals surface area contributed by atoms with Crippen LogP contribution in [0.15, 0.2) is 0 Å². The normalized spacial score (nSPS) is 20.3. The van der Waals surface area contributed by atoms with Crippen LogP contribution >= 0.6 is 0 Å². The van der Waals surface area contributed by atoms with Crippen molar-refractivity contribution in [2.24, 2.45) is 5.92 Å². The topological polar surface area (TPSA) is 29.5 Å². The summed E-state index contributed by atoms with van der Waals surface area (Å²) >= 11 is 0. The fourth-order valence-electron chi connectivity index (χ4n) is 1.71. The Bertz CT molecular complexity index is 184. The van der Waals surface area contributed by atoms with Gasteiger partial charge in [-0.25, -0.2) is 0 Å². The minimum Gasteiger partial charge on any atom is -0.381 e. The van der Waals surface area contributed by atoms with Gasteiger partial charge in [0, 0.05) is 26.1 Å². The lowest BCUT2D eigenvalue weighted by atomic mass is 10.0. The average molecular weight is 199 g/mol. The van der Waals surface area contributed by atoms with E-state index in [4.69, 9.17) is 4.74 Å². The Kier molecular flexibility index (Phi) is 4.55. The number of carbonyl (C=O) groups excluding carboxylic acids is 1. The number of carbonyl (C=O) groups is 1. The summed E-state index contributed by atoms with van der Waals surface area (Å²) in [5.41, 5.74) is 0. The summed E-state index contributed by atoms with van der Waals surface area (Å²) in [5.74, 6) is 0.510. The second-order valence-corrected chi connectivity index (χ2v) is 4.33. The van der Waals surface area contributed by atoms with Gasteiger partial charge in [0.2, 0.25) is 0 Å². The minimum atomic E-state index is 0.162. The molecule has 0 N–H and O–H groups in total. The minimum absolute atomic E-state index is 0.162. The summed E-state index contributed by atoms with van der Waals surface area (Å²) in [7, 11) is 1.76. The summed E-state index contributed by atoms with van der Waals surface area (Å²) in [6.45, 7) is 6.54. The summed E-state index contributed by atoms with van der Waals surface area (Å²) in [6, 6.07) is 0. The zero-order valence-electron chi connectivity index (χ0n) is 9.45. The van der Waals surface area contributed by atoms with Gasteiger partial charge in [-0.05, 0) is 12.8 Å². The Balaban J connectivity index is 2.25. The molecule has 0 atom stereocenters. The first-order valence-corrected chi connectivity index (χ1v) is 5.41. The van der Waals surface area contributed by atoms with E-state index in [1.54, 1.807) is 7.11 Å². The van der Waals surface area contributed by atoms with Crippen molar-refractivity contribution in [1.29, 1.82) is 0 Å². The number of likely N-dealkylation sites (tertiary alicyclic amines) is 1. The molecule has 0 aromatic rings. The van der Waals surface area contributed by atoms with Crippen molar-refractivity contribution in [3.8, 4) is 0 Å². The molecule has 0 radical (unpaired) electrons. The Labute approximate surface area is 86.4 Å². The predicted octanol–water partition coefficient (Wildman–Crippen LogP) is 1.32. The van der Waals surface area contributed by atoms with Crippen LogP contribution in [0.25, 0.3) is 0 Å². The third-order valence-electron chi connectivity index (χ3n) is 2.89. The lowest BCUT2D eigenvalue weighted by Crippen LogP contribution is -2.40. The van der Waals surface area contributed by atoms with Crippen molar-refractivity contribution >= 4 is 5.78 Å². The SMILES string of the molecule is COC1CCN(CC(=O)C(C)C)CC1. The number of Topliss-reactive ketones (excluding diaryl/α,β-unsaturated/α-hetero) is 1. The van der Waals surface area contributed by atoms with Gasteiger partial charge in [-0.2, -0.15) is 0 Å². The second kappa shape index (κ2) is 5.47. The lowest BCUT2D eigenvalue weighted by molar-refractivity contribution is -0.123. The van der Waals surface area contributed by atoms with Crippen molar-refractivity contribution in [1.82, 2.24) is 4.90 Å². The predicted molar refractivity (Wildman–Crippen MR) is 56.3 cm³/mol. The first-order chi connectivity index (χ1) is 6.63. The zero-order valence-corrected chi connectivity index (χ0v) is 9.45. The molecule has 1 fully saturated rings. The molecule has 1 saturated heterocycles. The number of nitrogens with zero attached hydrogens (tertiary/aromatic N) is 1. The molecule has 1 aliphatic rings. The van der Waals surface area contributed by atoms with Crippen LogP contribution in [0.3, 0.4) is 0 Å². The molecule has 1 rings (SSSR count). The van der Waals surface area contributed by atoms with Gasteiger partial charge >= 0.3 is 0 Å². The number of ether oxygens (including phenoxy) is 1. The van der Waals surface area contributed by atoms with E-state index in [9.17, 15) is 4.79 Å². The fraction of sp³-hybridized carbons (Fsp3) is 0.909. The van der Waals surface area contributed by atoms with Crippen molar-refractivity contribution in [2.75, 3.05) is 26.7 Å². The van der Waals surface area contributed by atoms with E-state index < -0.39 is 0 Å². The van der Waals surface area contributed by atoms with Gasteiger partial charge in [0.05, 0.1) is 12.6 Å². The van der Waals surface area contributed by atoms with Crippen molar-refractivity contribution in [3.05, 3.63) is 0 Å². The highest BCUT2D eigenvalue weighted by molar-refractivity contribution is 5.82. The van der Waals surface area contributed by atoms with Crippen LogP contribution < -0.4 is 0 Å². The van der Waals surface area contributed by atoms with Gasteiger partial charge < -0.3 is 4.74 Å². The standard InChI is InChI=1S/C11H21NO2/c1-9(2)11(13)8-12-6-4-10(14-3)5-7-12/h9-10H,4-8H2,1-3H3. The number of hydrogen-bond acceptors (Lipinski definition) is 3. The van der Waals surface area contributed by atoms with E-state index in [0.717, 1.165) is 25.9 Å². The maximum absolute atomic E-state index is 11.5. The van der Waals surface area contributed by atoms with Crippen molar-refractivity contribution in [3.63, 3.8) is 0 Å². The fourth-order valence-corrected chi connectivity index (χ4v) is 1.71. The maximum Gasteiger partial charge on any atom is 0.149 e. The van der Waals surface area contributed by atoms with Crippen molar-refractivity contribution < 1.29 is 9.53 Å². The molecule has 0 spiro atoms. The van der Waals surface area contributed by atoms with Crippen LogP contribution in [-0.2, 0) is 9.53 Å². The van der Waals surface area contributed by atoms with Crippen LogP contribution in [0.5, 0.6) is 0 Å². The van der Waals surface area contributed by atoms with Gasteiger partial charge in [-0.1, -0.05) is 13.8 Å². The van der Waals surface area contributed by atoms with Gasteiger partial charge in [0.25, 0.3) is 0 Å². The monoisotopic (exact) mass is 199 g/mol. The zero-order chi connectivity index (χ0) is 10.6. The molecule has 0 aliphatic carbocycles. The van der Waals surface area contributed by atoms with Crippen LogP contribution in [0.1, 0.15) is 26.7 Å². The van der Waals surface area contributed by atoms with Gasteiger partial charge in [0.1, 0.15) is 5.78 Å². The quantitative estimate of drug-likeness (QED) is 0.684. The Morgan fingerprint density at radius 3 is 2.43 bits per heavy atom. The molecule has 82 valence electrons. The van der Waals surface area contributed by atoms with Crippen LogP contribution in [0.2, 0.25) is 0 Å². The maximum atomic E-state index is 11.5. The largest absolute Gasteiger partial charge is 0.381 e. The molecule has 0 aromatic carbocycles. The number of methoxy groups -OCH3 is 1. The van der Waals surface area contributed by atoms with E-state index in [1.165, 1.54) is 0 Å². The second-order valence-electron chi connectivity index (χ2n) is 4.33. The molecule has 14 heavy (non-hydrogen) atoms. The summed E-state index contributed by atoms with van der Waals surface area (Å²) in [6.07, 6.45) is 2.52. The Morgan fingerprint density at radius 1 is 1.43 bits per heavy atom. The third kappa shape index (κ3) is 3.39.